The van der Waals surface area contributed by atoms with E-state index in [9.17, 15) is 9.59 Å². The van der Waals surface area contributed by atoms with Gasteiger partial charge < -0.3 is 15.7 Å². The Kier molecular flexibility index (Phi) is 8.35. The van der Waals surface area contributed by atoms with Crippen molar-refractivity contribution in [2.45, 2.75) is 52.4 Å². The molecule has 1 atom stereocenters. The third-order valence-corrected chi connectivity index (χ3v) is 4.44. The second-order valence-corrected chi connectivity index (χ2v) is 6.47. The van der Waals surface area contributed by atoms with Crippen molar-refractivity contribution in [3.05, 3.63) is 0 Å². The molecule has 122 valence electrons. The summed E-state index contributed by atoms with van der Waals surface area (Å²) in [6.07, 6.45) is 4.57. The number of carbonyl (C=O) groups excluding carboxylic acids is 1. The lowest BCUT2D eigenvalue weighted by molar-refractivity contribution is -0.137. The lowest BCUT2D eigenvalue weighted by atomic mass is 9.88. The molecule has 1 aliphatic heterocycles. The van der Waals surface area contributed by atoms with E-state index in [1.54, 1.807) is 0 Å². The molecule has 1 fully saturated rings. The van der Waals surface area contributed by atoms with Gasteiger partial charge in [-0.25, -0.2) is 0 Å². The Morgan fingerprint density at radius 2 is 1.90 bits per heavy atom. The molecule has 0 radical (unpaired) electrons. The van der Waals surface area contributed by atoms with Crippen LogP contribution < -0.4 is 10.6 Å². The SMILES string of the molecule is CC(C)C(CCNC(=O)CC1CCNCC1)CCC(=O)O. The van der Waals surface area contributed by atoms with E-state index in [-0.39, 0.29) is 12.3 Å². The predicted octanol–water partition coefficient (Wildman–Crippen LogP) is 2.02. The molecule has 0 aliphatic carbocycles. The van der Waals surface area contributed by atoms with Crippen molar-refractivity contribution >= 4 is 11.9 Å². The molecular weight excluding hydrogens is 268 g/mol. The molecule has 1 heterocycles. The molecule has 0 aromatic carbocycles. The van der Waals surface area contributed by atoms with E-state index < -0.39 is 5.97 Å². The maximum Gasteiger partial charge on any atom is 0.303 e. The fourth-order valence-corrected chi connectivity index (χ4v) is 2.94. The summed E-state index contributed by atoms with van der Waals surface area (Å²) in [7, 11) is 0. The normalized spacial score (nSPS) is 17.7. The zero-order chi connectivity index (χ0) is 15.7. The summed E-state index contributed by atoms with van der Waals surface area (Å²) < 4.78 is 0. The van der Waals surface area contributed by atoms with Gasteiger partial charge in [0.1, 0.15) is 0 Å². The van der Waals surface area contributed by atoms with Gasteiger partial charge in [0.2, 0.25) is 5.91 Å². The van der Waals surface area contributed by atoms with Crippen LogP contribution in [0.5, 0.6) is 0 Å². The summed E-state index contributed by atoms with van der Waals surface area (Å²) in [6, 6.07) is 0. The molecule has 1 saturated heterocycles. The number of amides is 1. The van der Waals surface area contributed by atoms with E-state index in [0.29, 0.717) is 37.1 Å². The molecule has 0 bridgehead atoms. The number of rotatable bonds is 9. The van der Waals surface area contributed by atoms with Crippen LogP contribution in [0.1, 0.15) is 52.4 Å². The Morgan fingerprint density at radius 3 is 2.48 bits per heavy atom. The first kappa shape index (κ1) is 18.0. The van der Waals surface area contributed by atoms with Gasteiger partial charge in [-0.05, 0) is 56.5 Å². The van der Waals surface area contributed by atoms with Crippen LogP contribution in [0.4, 0.5) is 0 Å². The second kappa shape index (κ2) is 9.77. The lowest BCUT2D eigenvalue weighted by Crippen LogP contribution is -2.33. The van der Waals surface area contributed by atoms with Crippen LogP contribution in [0.25, 0.3) is 0 Å². The minimum atomic E-state index is -0.740. The van der Waals surface area contributed by atoms with E-state index in [4.69, 9.17) is 5.11 Å². The van der Waals surface area contributed by atoms with Crippen LogP contribution in [-0.4, -0.2) is 36.6 Å². The third-order valence-electron chi connectivity index (χ3n) is 4.44. The molecule has 1 aliphatic rings. The van der Waals surface area contributed by atoms with Crippen molar-refractivity contribution in [1.82, 2.24) is 10.6 Å². The molecular formula is C16H30N2O3. The van der Waals surface area contributed by atoms with Crippen LogP contribution in [0.3, 0.4) is 0 Å². The van der Waals surface area contributed by atoms with E-state index >= 15 is 0 Å². The fraction of sp³-hybridized carbons (Fsp3) is 0.875. The van der Waals surface area contributed by atoms with E-state index in [0.717, 1.165) is 32.4 Å². The largest absolute Gasteiger partial charge is 0.481 e. The summed E-state index contributed by atoms with van der Waals surface area (Å²) >= 11 is 0. The predicted molar refractivity (Wildman–Crippen MR) is 83.0 cm³/mol. The number of hydrogen-bond acceptors (Lipinski definition) is 3. The van der Waals surface area contributed by atoms with Gasteiger partial charge in [0.25, 0.3) is 0 Å². The third kappa shape index (κ3) is 8.05. The number of aliphatic carboxylic acids is 1. The second-order valence-electron chi connectivity index (χ2n) is 6.47. The van der Waals surface area contributed by atoms with Gasteiger partial charge >= 0.3 is 5.97 Å². The Hall–Kier alpha value is -1.10. The summed E-state index contributed by atoms with van der Waals surface area (Å²) in [6.45, 7) is 6.92. The summed E-state index contributed by atoms with van der Waals surface area (Å²) in [5.74, 6) is 0.725. The summed E-state index contributed by atoms with van der Waals surface area (Å²) in [4.78, 5) is 22.6. The molecule has 3 N–H and O–H groups in total. The van der Waals surface area contributed by atoms with Crippen molar-refractivity contribution in [1.29, 1.82) is 0 Å². The summed E-state index contributed by atoms with van der Waals surface area (Å²) in [5.41, 5.74) is 0. The number of carboxylic acid groups (broad SMARTS) is 1. The standard InChI is InChI=1S/C16H30N2O3/c1-12(2)14(3-4-16(20)21)7-10-18-15(19)11-13-5-8-17-9-6-13/h12-14,17H,3-11H2,1-2H3,(H,18,19)(H,20,21). The molecule has 0 spiro atoms. The van der Waals surface area contributed by atoms with Crippen molar-refractivity contribution in [3.63, 3.8) is 0 Å². The zero-order valence-corrected chi connectivity index (χ0v) is 13.4. The van der Waals surface area contributed by atoms with Crippen LogP contribution in [0, 0.1) is 17.8 Å². The Balaban J connectivity index is 2.19. The number of hydrogen-bond donors (Lipinski definition) is 3. The smallest absolute Gasteiger partial charge is 0.303 e. The molecule has 0 saturated carbocycles. The molecule has 1 unspecified atom stereocenters. The van der Waals surface area contributed by atoms with Gasteiger partial charge in [-0.1, -0.05) is 13.8 Å². The highest BCUT2D eigenvalue weighted by Crippen LogP contribution is 2.21. The maximum absolute atomic E-state index is 11.9. The topological polar surface area (TPSA) is 78.4 Å². The number of carbonyl (C=O) groups is 2. The van der Waals surface area contributed by atoms with Crippen molar-refractivity contribution in [2.24, 2.45) is 17.8 Å². The number of piperidine rings is 1. The molecule has 1 rings (SSSR count). The lowest BCUT2D eigenvalue weighted by Gasteiger charge is -2.23. The monoisotopic (exact) mass is 298 g/mol. The van der Waals surface area contributed by atoms with Gasteiger partial charge in [0.15, 0.2) is 0 Å². The highest BCUT2D eigenvalue weighted by atomic mass is 16.4. The molecule has 0 aromatic heterocycles. The van der Waals surface area contributed by atoms with Crippen molar-refractivity contribution in [2.75, 3.05) is 19.6 Å². The molecule has 5 nitrogen and oxygen atoms in total. The van der Waals surface area contributed by atoms with Gasteiger partial charge in [0, 0.05) is 19.4 Å². The van der Waals surface area contributed by atoms with Crippen LogP contribution >= 0.6 is 0 Å². The summed E-state index contributed by atoms with van der Waals surface area (Å²) in [5, 5.41) is 15.1. The first-order valence-corrected chi connectivity index (χ1v) is 8.18. The Bertz CT molecular complexity index is 325. The Morgan fingerprint density at radius 1 is 1.24 bits per heavy atom. The van der Waals surface area contributed by atoms with E-state index in [1.165, 1.54) is 0 Å². The first-order chi connectivity index (χ1) is 9.99. The quantitative estimate of drug-likeness (QED) is 0.608. The van der Waals surface area contributed by atoms with Crippen LogP contribution in [0.2, 0.25) is 0 Å². The van der Waals surface area contributed by atoms with E-state index in [2.05, 4.69) is 24.5 Å². The zero-order valence-electron chi connectivity index (χ0n) is 13.4. The minimum absolute atomic E-state index is 0.141. The molecule has 1 amide bonds. The maximum atomic E-state index is 11.9. The highest BCUT2D eigenvalue weighted by molar-refractivity contribution is 5.76. The van der Waals surface area contributed by atoms with E-state index in [1.807, 2.05) is 0 Å². The number of carboxylic acids is 1. The van der Waals surface area contributed by atoms with Gasteiger partial charge in [-0.2, -0.15) is 0 Å². The van der Waals surface area contributed by atoms with Crippen LogP contribution in [0.15, 0.2) is 0 Å². The average Bonchev–Trinajstić information content (AvgIpc) is 2.43. The molecule has 5 heteroatoms. The molecule has 21 heavy (non-hydrogen) atoms. The number of nitrogens with one attached hydrogen (secondary N) is 2. The van der Waals surface area contributed by atoms with Crippen LogP contribution in [-0.2, 0) is 9.59 Å². The van der Waals surface area contributed by atoms with Gasteiger partial charge in [-0.15, -0.1) is 0 Å². The minimum Gasteiger partial charge on any atom is -0.481 e. The molecule has 0 aromatic rings. The fourth-order valence-electron chi connectivity index (χ4n) is 2.94. The van der Waals surface area contributed by atoms with Crippen molar-refractivity contribution < 1.29 is 14.7 Å². The Labute approximate surface area is 127 Å². The van der Waals surface area contributed by atoms with Crippen molar-refractivity contribution in [3.8, 4) is 0 Å². The first-order valence-electron chi connectivity index (χ1n) is 8.18. The average molecular weight is 298 g/mol. The highest BCUT2D eigenvalue weighted by Gasteiger charge is 2.18. The van der Waals surface area contributed by atoms with Gasteiger partial charge in [-0.3, -0.25) is 9.59 Å². The van der Waals surface area contributed by atoms with Gasteiger partial charge in [0.05, 0.1) is 0 Å².